The second kappa shape index (κ2) is 3.52. The SMILES string of the molecule is Nc1nc(Br)c(I)cc1[N+](=O)[O-]. The number of aromatic nitrogens is 1. The lowest BCUT2D eigenvalue weighted by Gasteiger charge is -1.98. The van der Waals surface area contributed by atoms with Gasteiger partial charge in [-0.15, -0.1) is 0 Å². The Morgan fingerprint density at radius 3 is 2.83 bits per heavy atom. The first-order valence-corrected chi connectivity index (χ1v) is 4.65. The first-order chi connectivity index (χ1) is 5.52. The fourth-order valence-electron chi connectivity index (χ4n) is 0.616. The molecule has 0 spiro atoms. The molecule has 0 aliphatic carbocycles. The topological polar surface area (TPSA) is 82.0 Å². The van der Waals surface area contributed by atoms with E-state index >= 15 is 0 Å². The molecule has 0 aliphatic heterocycles. The number of nitro groups is 1. The van der Waals surface area contributed by atoms with Gasteiger partial charge in [-0.2, -0.15) is 0 Å². The standard InChI is InChI=1S/C5H3BrIN3O2/c6-4-2(7)1-3(10(11)12)5(8)9-4/h1H,(H2,8,9). The lowest BCUT2D eigenvalue weighted by atomic mass is 10.4. The molecular weight excluding hydrogens is 341 g/mol. The molecule has 1 aromatic rings. The van der Waals surface area contributed by atoms with Gasteiger partial charge < -0.3 is 5.73 Å². The van der Waals surface area contributed by atoms with E-state index < -0.39 is 4.92 Å². The third-order valence-corrected chi connectivity index (χ3v) is 3.31. The van der Waals surface area contributed by atoms with Crippen LogP contribution in [0.4, 0.5) is 11.5 Å². The summed E-state index contributed by atoms with van der Waals surface area (Å²) in [6.07, 6.45) is 0. The van der Waals surface area contributed by atoms with Crippen molar-refractivity contribution in [3.05, 3.63) is 24.4 Å². The summed E-state index contributed by atoms with van der Waals surface area (Å²) in [6.45, 7) is 0. The summed E-state index contributed by atoms with van der Waals surface area (Å²) in [6, 6.07) is 1.37. The van der Waals surface area contributed by atoms with E-state index in [1.54, 1.807) is 0 Å². The quantitative estimate of drug-likeness (QED) is 0.365. The second-order valence-corrected chi connectivity index (χ2v) is 3.84. The maximum Gasteiger partial charge on any atom is 0.312 e. The van der Waals surface area contributed by atoms with E-state index in [2.05, 4.69) is 20.9 Å². The zero-order chi connectivity index (χ0) is 9.30. The molecule has 64 valence electrons. The predicted octanol–water partition coefficient (Wildman–Crippen LogP) is 1.94. The molecule has 0 atom stereocenters. The highest BCUT2D eigenvalue weighted by atomic mass is 127. The molecule has 0 radical (unpaired) electrons. The summed E-state index contributed by atoms with van der Waals surface area (Å²) in [7, 11) is 0. The highest BCUT2D eigenvalue weighted by Crippen LogP contribution is 2.26. The molecule has 0 aromatic carbocycles. The predicted molar refractivity (Wildman–Crippen MR) is 55.7 cm³/mol. The first kappa shape index (κ1) is 9.65. The number of hydrogen-bond donors (Lipinski definition) is 1. The van der Waals surface area contributed by atoms with E-state index in [9.17, 15) is 10.1 Å². The normalized spacial score (nSPS) is 9.83. The van der Waals surface area contributed by atoms with Crippen molar-refractivity contribution in [1.29, 1.82) is 0 Å². The van der Waals surface area contributed by atoms with Crippen molar-refractivity contribution >= 4 is 50.0 Å². The largest absolute Gasteiger partial charge is 0.378 e. The molecule has 1 heterocycles. The Hall–Kier alpha value is -0.440. The molecular formula is C5H3BrIN3O2. The number of hydrogen-bond acceptors (Lipinski definition) is 4. The summed E-state index contributed by atoms with van der Waals surface area (Å²) in [5, 5.41) is 10.4. The molecule has 2 N–H and O–H groups in total. The van der Waals surface area contributed by atoms with Crippen LogP contribution in [0.3, 0.4) is 0 Å². The van der Waals surface area contributed by atoms with Gasteiger partial charge in [-0.05, 0) is 38.5 Å². The van der Waals surface area contributed by atoms with E-state index in [0.29, 0.717) is 8.17 Å². The molecule has 1 rings (SSSR count). The van der Waals surface area contributed by atoms with Gasteiger partial charge >= 0.3 is 5.69 Å². The van der Waals surface area contributed by atoms with Crippen molar-refractivity contribution in [2.24, 2.45) is 0 Å². The monoisotopic (exact) mass is 343 g/mol. The summed E-state index contributed by atoms with van der Waals surface area (Å²) in [4.78, 5) is 13.5. The third kappa shape index (κ3) is 1.83. The van der Waals surface area contributed by atoms with Crippen molar-refractivity contribution < 1.29 is 4.92 Å². The van der Waals surface area contributed by atoms with Gasteiger partial charge in [0.05, 0.1) is 8.49 Å². The summed E-state index contributed by atoms with van der Waals surface area (Å²) in [5.41, 5.74) is 5.14. The van der Waals surface area contributed by atoms with Crippen LogP contribution in [0, 0.1) is 13.7 Å². The first-order valence-electron chi connectivity index (χ1n) is 2.78. The molecule has 0 unspecified atom stereocenters. The van der Waals surface area contributed by atoms with Crippen LogP contribution in [-0.4, -0.2) is 9.91 Å². The minimum atomic E-state index is -0.559. The fraction of sp³-hybridized carbons (Fsp3) is 0. The Morgan fingerprint density at radius 1 is 1.75 bits per heavy atom. The highest BCUT2D eigenvalue weighted by molar-refractivity contribution is 14.1. The molecule has 0 amide bonds. The average Bonchev–Trinajstić information content (AvgIpc) is 1.96. The zero-order valence-electron chi connectivity index (χ0n) is 5.62. The Kier molecular flexibility index (Phi) is 2.83. The third-order valence-electron chi connectivity index (χ3n) is 1.14. The molecule has 0 saturated heterocycles. The Balaban J connectivity index is 3.33. The van der Waals surface area contributed by atoms with Gasteiger partial charge in [0.15, 0.2) is 0 Å². The lowest BCUT2D eigenvalue weighted by molar-refractivity contribution is -0.384. The van der Waals surface area contributed by atoms with Gasteiger partial charge in [-0.25, -0.2) is 4.98 Å². The van der Waals surface area contributed by atoms with Crippen LogP contribution in [0.5, 0.6) is 0 Å². The highest BCUT2D eigenvalue weighted by Gasteiger charge is 2.14. The van der Waals surface area contributed by atoms with Crippen molar-refractivity contribution in [2.45, 2.75) is 0 Å². The Labute approximate surface area is 89.8 Å². The number of pyridine rings is 1. The van der Waals surface area contributed by atoms with Gasteiger partial charge in [-0.3, -0.25) is 10.1 Å². The van der Waals surface area contributed by atoms with Gasteiger partial charge in [0.2, 0.25) is 5.82 Å². The van der Waals surface area contributed by atoms with Crippen LogP contribution < -0.4 is 5.73 Å². The summed E-state index contributed by atoms with van der Waals surface area (Å²) >= 11 is 5.04. The number of halogens is 2. The lowest BCUT2D eigenvalue weighted by Crippen LogP contribution is -1.99. The van der Waals surface area contributed by atoms with E-state index in [0.717, 1.165) is 0 Å². The smallest absolute Gasteiger partial charge is 0.312 e. The molecule has 0 saturated carbocycles. The zero-order valence-corrected chi connectivity index (χ0v) is 9.37. The molecule has 0 aliphatic rings. The summed E-state index contributed by atoms with van der Waals surface area (Å²) < 4.78 is 1.18. The van der Waals surface area contributed by atoms with Crippen molar-refractivity contribution in [2.75, 3.05) is 5.73 Å². The maximum atomic E-state index is 10.4. The van der Waals surface area contributed by atoms with Crippen molar-refractivity contribution in [3.8, 4) is 0 Å². The van der Waals surface area contributed by atoms with Crippen LogP contribution >= 0.6 is 38.5 Å². The minimum Gasteiger partial charge on any atom is -0.378 e. The maximum absolute atomic E-state index is 10.4. The van der Waals surface area contributed by atoms with Gasteiger partial charge in [0, 0.05) is 6.07 Å². The van der Waals surface area contributed by atoms with Crippen LogP contribution in [0.2, 0.25) is 0 Å². The van der Waals surface area contributed by atoms with Gasteiger partial charge in [0.1, 0.15) is 4.60 Å². The number of anilines is 1. The second-order valence-electron chi connectivity index (χ2n) is 1.92. The average molecular weight is 344 g/mol. The fourth-order valence-corrected chi connectivity index (χ4v) is 1.34. The summed E-state index contributed by atoms with van der Waals surface area (Å²) in [5.74, 6) is -0.0766. The van der Waals surface area contributed by atoms with Crippen molar-refractivity contribution in [1.82, 2.24) is 4.98 Å². The Bertz CT molecular complexity index is 344. The minimum absolute atomic E-state index is 0.0766. The van der Waals surface area contributed by atoms with E-state index in [-0.39, 0.29) is 11.5 Å². The van der Waals surface area contributed by atoms with Crippen LogP contribution in [-0.2, 0) is 0 Å². The van der Waals surface area contributed by atoms with E-state index in [1.165, 1.54) is 6.07 Å². The van der Waals surface area contributed by atoms with Crippen molar-refractivity contribution in [3.63, 3.8) is 0 Å². The molecule has 5 nitrogen and oxygen atoms in total. The Morgan fingerprint density at radius 2 is 2.33 bits per heavy atom. The number of rotatable bonds is 1. The van der Waals surface area contributed by atoms with Gasteiger partial charge in [-0.1, -0.05) is 0 Å². The van der Waals surface area contributed by atoms with Gasteiger partial charge in [0.25, 0.3) is 0 Å². The number of nitrogen functional groups attached to an aromatic ring is 1. The molecule has 0 bridgehead atoms. The number of nitrogens with zero attached hydrogens (tertiary/aromatic N) is 2. The van der Waals surface area contributed by atoms with Crippen LogP contribution in [0.15, 0.2) is 10.7 Å². The van der Waals surface area contributed by atoms with E-state index in [4.69, 9.17) is 5.73 Å². The molecule has 1 aromatic heterocycles. The van der Waals surface area contributed by atoms with Crippen LogP contribution in [0.1, 0.15) is 0 Å². The molecule has 12 heavy (non-hydrogen) atoms. The molecule has 0 fully saturated rings. The van der Waals surface area contributed by atoms with Crippen LogP contribution in [0.25, 0.3) is 0 Å². The molecule has 7 heteroatoms. The van der Waals surface area contributed by atoms with E-state index in [1.807, 2.05) is 22.6 Å². The number of nitrogens with two attached hydrogens (primary N) is 1.